The van der Waals surface area contributed by atoms with E-state index < -0.39 is 0 Å². The van der Waals surface area contributed by atoms with Crippen molar-refractivity contribution in [3.05, 3.63) is 71.5 Å². The zero-order valence-electron chi connectivity index (χ0n) is 8.79. The molecule has 0 heterocycles. The third-order valence-electron chi connectivity index (χ3n) is 2.09. The van der Waals surface area contributed by atoms with Crippen LogP contribution in [0.15, 0.2) is 48.5 Å². The maximum Gasteiger partial charge on any atom is 2.00 e. The van der Waals surface area contributed by atoms with Gasteiger partial charge in [-0.05, 0) is 18.6 Å². The molecule has 0 fully saturated rings. The van der Waals surface area contributed by atoms with Crippen LogP contribution in [0, 0.1) is 11.9 Å². The summed E-state index contributed by atoms with van der Waals surface area (Å²) in [5.74, 6) is -0.187. The average Bonchev–Trinajstić information content (AvgIpc) is 2.23. The van der Waals surface area contributed by atoms with E-state index in [1.165, 1.54) is 17.7 Å². The minimum Gasteiger partial charge on any atom is -1.00 e. The Labute approximate surface area is 122 Å². The summed E-state index contributed by atoms with van der Waals surface area (Å²) in [5, 5.41) is 0. The summed E-state index contributed by atoms with van der Waals surface area (Å²) in [6, 6.07) is 17.4. The van der Waals surface area contributed by atoms with Crippen LogP contribution < -0.4 is 17.0 Å². The van der Waals surface area contributed by atoms with E-state index in [1.54, 1.807) is 0 Å². The molecule has 2 aromatic rings. The third kappa shape index (κ3) is 4.64. The van der Waals surface area contributed by atoms with Crippen molar-refractivity contribution in [3.8, 4) is 0 Å². The van der Waals surface area contributed by atoms with Gasteiger partial charge < -0.3 is 17.0 Å². The second kappa shape index (κ2) is 7.82. The van der Waals surface area contributed by atoms with Gasteiger partial charge in [-0.1, -0.05) is 17.7 Å². The maximum absolute atomic E-state index is 12.6. The van der Waals surface area contributed by atoms with Crippen LogP contribution in [0.4, 0.5) is 4.39 Å². The van der Waals surface area contributed by atoms with E-state index in [-0.39, 0.29) is 45.9 Å². The zero-order valence-corrected chi connectivity index (χ0v) is 11.8. The molecule has 0 nitrogen and oxygen atoms in total. The molecule has 0 amide bonds. The number of hydrogen-bond donors (Lipinski definition) is 0. The molecule has 0 saturated heterocycles. The average molecular weight is 289 g/mol. The normalized spacial score (nSPS) is 8.81. The SMILES string of the molecule is Fc1ccc(Cc2c[c-]ccc2)cc1.[Br-].[Mg+2]. The zero-order chi connectivity index (χ0) is 9.80. The van der Waals surface area contributed by atoms with Gasteiger partial charge in [-0.3, -0.25) is 0 Å². The van der Waals surface area contributed by atoms with Crippen LogP contribution in [-0.2, 0) is 6.42 Å². The molecule has 0 N–H and O–H groups in total. The van der Waals surface area contributed by atoms with E-state index in [9.17, 15) is 4.39 Å². The fourth-order valence-electron chi connectivity index (χ4n) is 1.38. The monoisotopic (exact) mass is 288 g/mol. The second-order valence-corrected chi connectivity index (χ2v) is 3.21. The van der Waals surface area contributed by atoms with E-state index in [0.29, 0.717) is 0 Å². The molecule has 0 spiro atoms. The van der Waals surface area contributed by atoms with Gasteiger partial charge in [-0.15, -0.1) is 0 Å². The second-order valence-electron chi connectivity index (χ2n) is 3.21. The fraction of sp³-hybridized carbons (Fsp3) is 0.0769. The maximum atomic E-state index is 12.6. The largest absolute Gasteiger partial charge is 2.00 e. The van der Waals surface area contributed by atoms with Crippen molar-refractivity contribution in [2.45, 2.75) is 6.42 Å². The van der Waals surface area contributed by atoms with Crippen molar-refractivity contribution in [2.24, 2.45) is 0 Å². The Kier molecular flexibility index (Phi) is 7.63. The molecular weight excluding hydrogens is 279 g/mol. The summed E-state index contributed by atoms with van der Waals surface area (Å²) < 4.78 is 12.6. The number of hydrogen-bond acceptors (Lipinski definition) is 0. The Morgan fingerprint density at radius 3 is 2.25 bits per heavy atom. The van der Waals surface area contributed by atoms with Gasteiger partial charge in [0.15, 0.2) is 0 Å². The van der Waals surface area contributed by atoms with Gasteiger partial charge in [0.05, 0.1) is 0 Å². The van der Waals surface area contributed by atoms with Gasteiger partial charge in [0, 0.05) is 0 Å². The number of benzene rings is 2. The third-order valence-corrected chi connectivity index (χ3v) is 2.09. The Bertz CT molecular complexity index is 400. The Balaban J connectivity index is 0.00000112. The summed E-state index contributed by atoms with van der Waals surface area (Å²) in [4.78, 5) is 0. The van der Waals surface area contributed by atoms with Crippen LogP contribution in [-0.4, -0.2) is 23.1 Å². The molecule has 3 heteroatoms. The number of halogens is 2. The summed E-state index contributed by atoms with van der Waals surface area (Å²) in [6.45, 7) is 0. The van der Waals surface area contributed by atoms with Crippen LogP contribution in [0.25, 0.3) is 0 Å². The molecule has 0 aliphatic rings. The van der Waals surface area contributed by atoms with Crippen molar-refractivity contribution in [2.75, 3.05) is 0 Å². The topological polar surface area (TPSA) is 0 Å². The van der Waals surface area contributed by atoms with Crippen LogP contribution in [0.2, 0.25) is 0 Å². The summed E-state index contributed by atoms with van der Waals surface area (Å²) in [7, 11) is 0. The van der Waals surface area contributed by atoms with Crippen LogP contribution in [0.1, 0.15) is 11.1 Å². The van der Waals surface area contributed by atoms with Crippen LogP contribution in [0.3, 0.4) is 0 Å². The Morgan fingerprint density at radius 2 is 1.69 bits per heavy atom. The molecule has 16 heavy (non-hydrogen) atoms. The fourth-order valence-corrected chi connectivity index (χ4v) is 1.38. The molecule has 0 aliphatic carbocycles. The van der Waals surface area contributed by atoms with Crippen LogP contribution >= 0.6 is 0 Å². The van der Waals surface area contributed by atoms with E-state index in [2.05, 4.69) is 6.07 Å². The standard InChI is InChI=1S/C13H10F.BrH.Mg/c14-13-8-6-12(7-9-13)10-11-4-2-1-3-5-11;;/h1-2,4-9H,10H2;1H;/q-1;;+2/p-1. The van der Waals surface area contributed by atoms with Crippen molar-refractivity contribution in [1.29, 1.82) is 0 Å². The first kappa shape index (κ1) is 15.6. The predicted octanol–water partition coefficient (Wildman–Crippen LogP) is -0.160. The molecule has 0 saturated carbocycles. The molecule has 2 rings (SSSR count). The molecule has 0 unspecified atom stereocenters. The van der Waals surface area contributed by atoms with Crippen molar-refractivity contribution in [1.82, 2.24) is 0 Å². The van der Waals surface area contributed by atoms with Gasteiger partial charge in [0.2, 0.25) is 0 Å². The molecule has 0 aromatic heterocycles. The Morgan fingerprint density at radius 1 is 1.00 bits per heavy atom. The number of rotatable bonds is 2. The Hall–Kier alpha value is -0.384. The van der Waals surface area contributed by atoms with Gasteiger partial charge in [0.1, 0.15) is 5.82 Å². The molecule has 2 aromatic carbocycles. The first-order chi connectivity index (χ1) is 6.84. The van der Waals surface area contributed by atoms with Crippen molar-refractivity contribution >= 4 is 23.1 Å². The van der Waals surface area contributed by atoms with Gasteiger partial charge >= 0.3 is 23.1 Å². The summed E-state index contributed by atoms with van der Waals surface area (Å²) >= 11 is 0. The predicted molar refractivity (Wildman–Crippen MR) is 60.2 cm³/mol. The molecular formula is C13H10BrFMg. The molecule has 0 atom stereocenters. The minimum atomic E-state index is -0.187. The quantitative estimate of drug-likeness (QED) is 0.532. The van der Waals surface area contributed by atoms with Crippen molar-refractivity contribution in [3.63, 3.8) is 0 Å². The molecule has 78 valence electrons. The van der Waals surface area contributed by atoms with E-state index in [1.807, 2.05) is 36.4 Å². The van der Waals surface area contributed by atoms with Gasteiger partial charge in [0.25, 0.3) is 0 Å². The summed E-state index contributed by atoms with van der Waals surface area (Å²) in [6.07, 6.45) is 0.831. The first-order valence-electron chi connectivity index (χ1n) is 4.54. The van der Waals surface area contributed by atoms with Gasteiger partial charge in [-0.2, -0.15) is 35.9 Å². The minimum absolute atomic E-state index is 0. The summed E-state index contributed by atoms with van der Waals surface area (Å²) in [5.41, 5.74) is 2.31. The van der Waals surface area contributed by atoms with Gasteiger partial charge in [-0.25, -0.2) is 4.39 Å². The van der Waals surface area contributed by atoms with E-state index in [0.717, 1.165) is 12.0 Å². The first-order valence-corrected chi connectivity index (χ1v) is 4.54. The van der Waals surface area contributed by atoms with Crippen molar-refractivity contribution < 1.29 is 21.4 Å². The molecule has 0 radical (unpaired) electrons. The van der Waals surface area contributed by atoms with Crippen LogP contribution in [0.5, 0.6) is 0 Å². The molecule has 0 bridgehead atoms. The van der Waals surface area contributed by atoms with E-state index in [4.69, 9.17) is 0 Å². The van der Waals surface area contributed by atoms with E-state index >= 15 is 0 Å². The molecule has 0 aliphatic heterocycles. The smallest absolute Gasteiger partial charge is 1.00 e.